The van der Waals surface area contributed by atoms with Crippen LogP contribution >= 0.6 is 11.6 Å². The molecule has 2 atom stereocenters. The van der Waals surface area contributed by atoms with Gasteiger partial charge in [0, 0.05) is 30.9 Å². The zero-order chi connectivity index (χ0) is 17.4. The topological polar surface area (TPSA) is 50.2 Å². The molecule has 1 aliphatic heterocycles. The second kappa shape index (κ2) is 6.81. The average Bonchev–Trinajstić information content (AvgIpc) is 3.27. The molecule has 1 amide bonds. The molecule has 132 valence electrons. The van der Waals surface area contributed by atoms with Crippen LogP contribution in [0.15, 0.2) is 36.8 Å². The molecular formula is C19H23ClN4O. The highest BCUT2D eigenvalue weighted by molar-refractivity contribution is 6.30. The van der Waals surface area contributed by atoms with E-state index in [9.17, 15) is 4.79 Å². The summed E-state index contributed by atoms with van der Waals surface area (Å²) < 4.78 is 1.82. The number of hydrogen-bond donors (Lipinski definition) is 1. The van der Waals surface area contributed by atoms with Crippen LogP contribution in [-0.2, 0) is 13.6 Å². The molecule has 2 unspecified atom stereocenters. The molecule has 2 fully saturated rings. The zero-order valence-electron chi connectivity index (χ0n) is 14.4. The van der Waals surface area contributed by atoms with Gasteiger partial charge in [0.25, 0.3) is 5.91 Å². The van der Waals surface area contributed by atoms with E-state index in [-0.39, 0.29) is 11.9 Å². The molecule has 2 aliphatic rings. The minimum atomic E-state index is 0.0125. The first-order valence-corrected chi connectivity index (χ1v) is 9.22. The van der Waals surface area contributed by atoms with E-state index in [0.29, 0.717) is 29.1 Å². The lowest BCUT2D eigenvalue weighted by Gasteiger charge is -2.29. The molecule has 1 saturated carbocycles. The fourth-order valence-corrected chi connectivity index (χ4v) is 4.47. The number of amides is 1. The molecule has 2 heterocycles. The minimum absolute atomic E-state index is 0.0125. The third-order valence-electron chi connectivity index (χ3n) is 5.50. The van der Waals surface area contributed by atoms with Crippen LogP contribution in [0, 0.1) is 11.8 Å². The van der Waals surface area contributed by atoms with E-state index in [1.165, 1.54) is 0 Å². The Bertz CT molecular complexity index is 762. The molecule has 5 nitrogen and oxygen atoms in total. The standard InChI is InChI=1S/C19H23ClN4O/c1-23-11-18(22-12-23)19(25)24(10-13-3-2-4-16(20)5-13)17-6-14-8-21-9-15(14)7-17/h2-5,11-12,14-15,17,21H,6-10H2,1H3. The second-order valence-electron chi connectivity index (χ2n) is 7.29. The predicted molar refractivity (Wildman–Crippen MR) is 97.4 cm³/mol. The largest absolute Gasteiger partial charge is 0.340 e. The fourth-order valence-electron chi connectivity index (χ4n) is 4.26. The number of imidazole rings is 1. The molecule has 0 bridgehead atoms. The van der Waals surface area contributed by atoms with Crippen LogP contribution in [0.4, 0.5) is 0 Å². The SMILES string of the molecule is Cn1cnc(C(=O)N(Cc2cccc(Cl)c2)C2CC3CNCC3C2)c1. The molecule has 0 radical (unpaired) electrons. The van der Waals surface area contributed by atoms with Gasteiger partial charge in [-0.05, 0) is 55.5 Å². The summed E-state index contributed by atoms with van der Waals surface area (Å²) in [5, 5.41) is 4.17. The van der Waals surface area contributed by atoms with Crippen molar-refractivity contribution in [1.29, 1.82) is 0 Å². The molecule has 6 heteroatoms. The van der Waals surface area contributed by atoms with Gasteiger partial charge < -0.3 is 14.8 Å². The summed E-state index contributed by atoms with van der Waals surface area (Å²) in [6, 6.07) is 8.04. The highest BCUT2D eigenvalue weighted by atomic mass is 35.5. The predicted octanol–water partition coefficient (Wildman–Crippen LogP) is 2.71. The van der Waals surface area contributed by atoms with Gasteiger partial charge >= 0.3 is 0 Å². The van der Waals surface area contributed by atoms with Gasteiger partial charge in [-0.15, -0.1) is 0 Å². The van der Waals surface area contributed by atoms with Crippen LogP contribution in [0.2, 0.25) is 5.02 Å². The Morgan fingerprint density at radius 3 is 2.76 bits per heavy atom. The van der Waals surface area contributed by atoms with Gasteiger partial charge in [-0.1, -0.05) is 23.7 Å². The van der Waals surface area contributed by atoms with Gasteiger partial charge in [0.1, 0.15) is 5.69 Å². The lowest BCUT2D eigenvalue weighted by atomic mass is 10.0. The van der Waals surface area contributed by atoms with Gasteiger partial charge in [0.15, 0.2) is 0 Å². The summed E-state index contributed by atoms with van der Waals surface area (Å²) >= 11 is 6.14. The van der Waals surface area contributed by atoms with Crippen molar-refractivity contribution in [2.45, 2.75) is 25.4 Å². The van der Waals surface area contributed by atoms with Crippen LogP contribution in [-0.4, -0.2) is 39.5 Å². The Morgan fingerprint density at radius 1 is 1.36 bits per heavy atom. The average molecular weight is 359 g/mol. The smallest absolute Gasteiger partial charge is 0.274 e. The van der Waals surface area contributed by atoms with Gasteiger partial charge in [-0.2, -0.15) is 0 Å². The molecule has 4 rings (SSSR count). The van der Waals surface area contributed by atoms with Gasteiger partial charge in [-0.3, -0.25) is 4.79 Å². The van der Waals surface area contributed by atoms with E-state index >= 15 is 0 Å². The molecule has 1 aliphatic carbocycles. The number of rotatable bonds is 4. The van der Waals surface area contributed by atoms with Gasteiger partial charge in [0.2, 0.25) is 0 Å². The van der Waals surface area contributed by atoms with E-state index in [2.05, 4.69) is 10.3 Å². The van der Waals surface area contributed by atoms with E-state index in [1.54, 1.807) is 12.5 Å². The van der Waals surface area contributed by atoms with Crippen molar-refractivity contribution in [3.63, 3.8) is 0 Å². The minimum Gasteiger partial charge on any atom is -0.340 e. The van der Waals surface area contributed by atoms with Crippen LogP contribution < -0.4 is 5.32 Å². The van der Waals surface area contributed by atoms with E-state index < -0.39 is 0 Å². The van der Waals surface area contributed by atoms with E-state index in [0.717, 1.165) is 31.5 Å². The quantitative estimate of drug-likeness (QED) is 0.914. The highest BCUT2D eigenvalue weighted by Gasteiger charge is 2.41. The molecule has 1 saturated heterocycles. The van der Waals surface area contributed by atoms with Gasteiger partial charge in [0.05, 0.1) is 6.33 Å². The number of hydrogen-bond acceptors (Lipinski definition) is 3. The molecule has 1 aromatic carbocycles. The maximum atomic E-state index is 13.2. The van der Waals surface area contributed by atoms with Crippen molar-refractivity contribution in [2.75, 3.05) is 13.1 Å². The summed E-state index contributed by atoms with van der Waals surface area (Å²) in [7, 11) is 1.89. The number of fused-ring (bicyclic) bond motifs is 1. The maximum absolute atomic E-state index is 13.2. The van der Waals surface area contributed by atoms with Crippen molar-refractivity contribution in [3.8, 4) is 0 Å². The van der Waals surface area contributed by atoms with Crippen LogP contribution in [0.5, 0.6) is 0 Å². The lowest BCUT2D eigenvalue weighted by Crippen LogP contribution is -2.39. The van der Waals surface area contributed by atoms with Crippen molar-refractivity contribution >= 4 is 17.5 Å². The normalized spacial score (nSPS) is 25.1. The zero-order valence-corrected chi connectivity index (χ0v) is 15.1. The van der Waals surface area contributed by atoms with E-state index in [1.807, 2.05) is 40.8 Å². The number of benzene rings is 1. The van der Waals surface area contributed by atoms with Crippen LogP contribution in [0.25, 0.3) is 0 Å². The third-order valence-corrected chi connectivity index (χ3v) is 5.73. The Labute approximate surface area is 153 Å². The summed E-state index contributed by atoms with van der Waals surface area (Å²) in [5.41, 5.74) is 1.58. The molecule has 25 heavy (non-hydrogen) atoms. The number of nitrogens with zero attached hydrogens (tertiary/aromatic N) is 3. The summed E-state index contributed by atoms with van der Waals surface area (Å²) in [6.45, 7) is 2.72. The maximum Gasteiger partial charge on any atom is 0.274 e. The first kappa shape index (κ1) is 16.6. The number of carbonyl (C=O) groups is 1. The summed E-state index contributed by atoms with van der Waals surface area (Å²) in [5.74, 6) is 1.38. The lowest BCUT2D eigenvalue weighted by molar-refractivity contribution is 0.0651. The van der Waals surface area contributed by atoms with Crippen LogP contribution in [0.3, 0.4) is 0 Å². The first-order chi connectivity index (χ1) is 12.1. The number of nitrogens with one attached hydrogen (secondary N) is 1. The first-order valence-electron chi connectivity index (χ1n) is 8.84. The Balaban J connectivity index is 1.59. The number of aromatic nitrogens is 2. The fraction of sp³-hybridized carbons (Fsp3) is 0.474. The van der Waals surface area contributed by atoms with Crippen molar-refractivity contribution < 1.29 is 4.79 Å². The molecule has 2 aromatic rings. The molecule has 1 N–H and O–H groups in total. The van der Waals surface area contributed by atoms with Crippen molar-refractivity contribution in [1.82, 2.24) is 19.8 Å². The Kier molecular flexibility index (Phi) is 4.52. The Morgan fingerprint density at radius 2 is 2.12 bits per heavy atom. The van der Waals surface area contributed by atoms with Crippen LogP contribution in [0.1, 0.15) is 28.9 Å². The Hall–Kier alpha value is -1.85. The number of carbonyl (C=O) groups excluding carboxylic acids is 1. The number of halogens is 1. The highest BCUT2D eigenvalue weighted by Crippen LogP contribution is 2.38. The second-order valence-corrected chi connectivity index (χ2v) is 7.73. The monoisotopic (exact) mass is 358 g/mol. The molecule has 0 spiro atoms. The van der Waals surface area contributed by atoms with Gasteiger partial charge in [-0.25, -0.2) is 4.98 Å². The van der Waals surface area contributed by atoms with Crippen molar-refractivity contribution in [2.24, 2.45) is 18.9 Å². The van der Waals surface area contributed by atoms with Crippen molar-refractivity contribution in [3.05, 3.63) is 53.1 Å². The van der Waals surface area contributed by atoms with E-state index in [4.69, 9.17) is 11.6 Å². The third kappa shape index (κ3) is 3.44. The molecule has 1 aromatic heterocycles. The summed E-state index contributed by atoms with van der Waals surface area (Å²) in [6.07, 6.45) is 5.61. The number of aryl methyl sites for hydroxylation is 1. The summed E-state index contributed by atoms with van der Waals surface area (Å²) in [4.78, 5) is 19.4. The molecular weight excluding hydrogens is 336 g/mol.